The van der Waals surface area contributed by atoms with E-state index in [0.29, 0.717) is 21.4 Å². The quantitative estimate of drug-likeness (QED) is 0.711. The monoisotopic (exact) mass is 400 g/mol. The van der Waals surface area contributed by atoms with Crippen LogP contribution in [0.2, 0.25) is 5.02 Å². The van der Waals surface area contributed by atoms with Gasteiger partial charge in [-0.15, -0.1) is 11.3 Å². The molecule has 2 N–H and O–H groups in total. The molecule has 144 valence electrons. The molecule has 0 saturated heterocycles. The van der Waals surface area contributed by atoms with Gasteiger partial charge >= 0.3 is 0 Å². The average molecular weight is 401 g/mol. The third-order valence-electron chi connectivity index (χ3n) is 2.55. The number of carbonyl (C=O) groups excluding carboxylic acids is 2. The second-order valence-electron chi connectivity index (χ2n) is 6.06. The van der Waals surface area contributed by atoms with Gasteiger partial charge in [-0.1, -0.05) is 45.7 Å². The largest absolute Gasteiger partial charge is 0.365 e. The molecule has 0 aliphatic carbocycles. The number of nitrogens with zero attached hydrogens (tertiary/aromatic N) is 1. The van der Waals surface area contributed by atoms with E-state index >= 15 is 0 Å². The van der Waals surface area contributed by atoms with Gasteiger partial charge in [0.2, 0.25) is 0 Å². The number of benzene rings is 1. The fourth-order valence-corrected chi connectivity index (χ4v) is 2.75. The van der Waals surface area contributed by atoms with Crippen molar-refractivity contribution in [1.29, 1.82) is 0 Å². The Morgan fingerprint density at radius 2 is 1.85 bits per heavy atom. The molecule has 4 nitrogen and oxygen atoms in total. The molecule has 26 heavy (non-hydrogen) atoms. The zero-order chi connectivity index (χ0) is 20.3. The number of halogens is 2. The predicted molar refractivity (Wildman–Crippen MR) is 107 cm³/mol. The van der Waals surface area contributed by atoms with Crippen molar-refractivity contribution in [3.8, 4) is 10.6 Å². The van der Waals surface area contributed by atoms with Crippen molar-refractivity contribution in [3.05, 3.63) is 40.1 Å². The van der Waals surface area contributed by atoms with Crippen molar-refractivity contribution in [1.82, 2.24) is 4.98 Å². The number of ketones is 1. The zero-order valence-electron chi connectivity index (χ0n) is 15.8. The van der Waals surface area contributed by atoms with Crippen LogP contribution < -0.4 is 5.73 Å². The zero-order valence-corrected chi connectivity index (χ0v) is 17.4. The van der Waals surface area contributed by atoms with E-state index in [1.807, 2.05) is 13.8 Å². The van der Waals surface area contributed by atoms with Gasteiger partial charge in [0.15, 0.2) is 0 Å². The van der Waals surface area contributed by atoms with Crippen LogP contribution in [-0.2, 0) is 4.79 Å². The minimum absolute atomic E-state index is 0.283. The van der Waals surface area contributed by atoms with Gasteiger partial charge in [-0.05, 0) is 31.0 Å². The molecule has 0 unspecified atom stereocenters. The third kappa shape index (κ3) is 10.3. The number of nitrogens with two attached hydrogens (primary N) is 1. The normalized spacial score (nSPS) is 9.69. The van der Waals surface area contributed by atoms with Crippen molar-refractivity contribution >= 4 is 34.6 Å². The number of rotatable bonds is 4. The van der Waals surface area contributed by atoms with Crippen molar-refractivity contribution in [3.63, 3.8) is 0 Å². The first-order valence-corrected chi connectivity index (χ1v) is 9.51. The van der Waals surface area contributed by atoms with Crippen molar-refractivity contribution in [2.75, 3.05) is 0 Å². The van der Waals surface area contributed by atoms with Gasteiger partial charge in [0.05, 0.1) is 6.20 Å². The van der Waals surface area contributed by atoms with E-state index in [0.717, 1.165) is 17.8 Å². The molecule has 1 aromatic heterocycles. The minimum atomic E-state index is -0.550. The lowest BCUT2D eigenvalue weighted by Gasteiger charge is -1.97. The SMILES string of the molecule is CC(=O)CC(C)C.CCC.NC(=O)c1cnc(-c2cc(F)cc(Cl)c2)s1. The Hall–Kier alpha value is -1.79. The Balaban J connectivity index is 0.000000526. The summed E-state index contributed by atoms with van der Waals surface area (Å²) in [5.74, 6) is -0.183. The lowest BCUT2D eigenvalue weighted by Crippen LogP contribution is -2.08. The summed E-state index contributed by atoms with van der Waals surface area (Å²) < 4.78 is 13.1. The van der Waals surface area contributed by atoms with Gasteiger partial charge in [0, 0.05) is 17.0 Å². The van der Waals surface area contributed by atoms with Crippen LogP contribution in [0.15, 0.2) is 24.4 Å². The van der Waals surface area contributed by atoms with Crippen LogP contribution in [0.5, 0.6) is 0 Å². The minimum Gasteiger partial charge on any atom is -0.365 e. The van der Waals surface area contributed by atoms with Crippen molar-refractivity contribution < 1.29 is 14.0 Å². The number of carbonyl (C=O) groups is 2. The summed E-state index contributed by atoms with van der Waals surface area (Å²) in [6.07, 6.45) is 3.33. The Labute approximate surface area is 163 Å². The number of amides is 1. The third-order valence-corrected chi connectivity index (χ3v) is 3.83. The number of thiazole rings is 1. The smallest absolute Gasteiger partial charge is 0.260 e. The molecule has 0 spiro atoms. The Bertz CT molecular complexity index is 697. The molecule has 0 aliphatic heterocycles. The molecule has 1 amide bonds. The van der Waals surface area contributed by atoms with Gasteiger partial charge in [-0.25, -0.2) is 9.37 Å². The summed E-state index contributed by atoms with van der Waals surface area (Å²) in [6, 6.07) is 4.08. The van der Waals surface area contributed by atoms with E-state index in [9.17, 15) is 14.0 Å². The maximum Gasteiger partial charge on any atom is 0.260 e. The predicted octanol–water partition coefficient (Wildman–Crippen LogP) is 5.74. The van der Waals surface area contributed by atoms with E-state index in [-0.39, 0.29) is 10.8 Å². The summed E-state index contributed by atoms with van der Waals surface area (Å²) in [5, 5.41) is 0.793. The topological polar surface area (TPSA) is 73.1 Å². The van der Waals surface area contributed by atoms with Gasteiger partial charge in [0.25, 0.3) is 5.91 Å². The Morgan fingerprint density at radius 1 is 1.27 bits per heavy atom. The molecule has 1 heterocycles. The van der Waals surface area contributed by atoms with Gasteiger partial charge in [0.1, 0.15) is 21.5 Å². The number of hydrogen-bond acceptors (Lipinski definition) is 4. The molecule has 0 bridgehead atoms. The van der Waals surface area contributed by atoms with Gasteiger partial charge in [-0.2, -0.15) is 0 Å². The standard InChI is InChI=1S/C10H6ClFN2OS.C6H12O.C3H8/c11-6-1-5(2-7(12)3-6)10-14-4-8(16-10)9(13)15;1-5(2)4-6(3)7;1-3-2/h1-4H,(H2,13,15);5H,4H2,1-3H3;3H2,1-2H3. The fraction of sp³-hybridized carbons (Fsp3) is 0.421. The van der Waals surface area contributed by atoms with E-state index in [4.69, 9.17) is 17.3 Å². The van der Waals surface area contributed by atoms with Crippen LogP contribution in [0, 0.1) is 11.7 Å². The highest BCUT2D eigenvalue weighted by Crippen LogP contribution is 2.28. The molecule has 0 radical (unpaired) electrons. The first kappa shape index (κ1) is 24.2. The summed E-state index contributed by atoms with van der Waals surface area (Å²) >= 11 is 6.82. The van der Waals surface area contributed by atoms with Crippen LogP contribution in [0.25, 0.3) is 10.6 Å². The number of Topliss-reactive ketones (excluding diaryl/α,β-unsaturated/α-hetero) is 1. The maximum atomic E-state index is 13.1. The summed E-state index contributed by atoms with van der Waals surface area (Å²) in [5.41, 5.74) is 5.63. The lowest BCUT2D eigenvalue weighted by molar-refractivity contribution is -0.117. The van der Waals surface area contributed by atoms with E-state index in [1.54, 1.807) is 13.0 Å². The lowest BCUT2D eigenvalue weighted by atomic mass is 10.1. The molecule has 2 aromatic rings. The van der Waals surface area contributed by atoms with Crippen molar-refractivity contribution in [2.45, 2.75) is 47.5 Å². The number of hydrogen-bond donors (Lipinski definition) is 1. The molecule has 0 atom stereocenters. The van der Waals surface area contributed by atoms with Crippen LogP contribution in [0.4, 0.5) is 4.39 Å². The Morgan fingerprint density at radius 3 is 2.19 bits per heavy atom. The number of aromatic nitrogens is 1. The second-order valence-corrected chi connectivity index (χ2v) is 7.53. The average Bonchev–Trinajstić information content (AvgIpc) is 2.96. The highest BCUT2D eigenvalue weighted by molar-refractivity contribution is 7.16. The van der Waals surface area contributed by atoms with Crippen LogP contribution >= 0.6 is 22.9 Å². The Kier molecular flexibility index (Phi) is 11.7. The first-order chi connectivity index (χ1) is 12.1. The molecule has 0 aliphatic rings. The van der Waals surface area contributed by atoms with Crippen molar-refractivity contribution in [2.24, 2.45) is 11.7 Å². The molecular weight excluding hydrogens is 375 g/mol. The van der Waals surface area contributed by atoms with E-state index in [1.165, 1.54) is 24.8 Å². The number of primary amides is 1. The first-order valence-electron chi connectivity index (χ1n) is 8.32. The molecule has 2 rings (SSSR count). The fourth-order valence-electron chi connectivity index (χ4n) is 1.77. The van der Waals surface area contributed by atoms with Gasteiger partial charge < -0.3 is 10.5 Å². The molecule has 7 heteroatoms. The highest BCUT2D eigenvalue weighted by Gasteiger charge is 2.10. The summed E-state index contributed by atoms with van der Waals surface area (Å²) in [7, 11) is 0. The van der Waals surface area contributed by atoms with Crippen LogP contribution in [0.3, 0.4) is 0 Å². The molecule has 0 saturated carbocycles. The molecular formula is C19H26ClFN2O2S. The van der Waals surface area contributed by atoms with Crippen LogP contribution in [-0.4, -0.2) is 16.7 Å². The van der Waals surface area contributed by atoms with E-state index < -0.39 is 11.7 Å². The van der Waals surface area contributed by atoms with Gasteiger partial charge in [-0.3, -0.25) is 4.79 Å². The summed E-state index contributed by atoms with van der Waals surface area (Å²) in [6.45, 7) is 9.96. The highest BCUT2D eigenvalue weighted by atomic mass is 35.5. The molecule has 1 aromatic carbocycles. The maximum absolute atomic E-state index is 13.1. The second kappa shape index (κ2) is 12.5. The van der Waals surface area contributed by atoms with E-state index in [2.05, 4.69) is 18.8 Å². The summed E-state index contributed by atoms with van der Waals surface area (Å²) in [4.78, 5) is 25.4. The molecule has 0 fully saturated rings. The van der Waals surface area contributed by atoms with Crippen LogP contribution in [0.1, 0.15) is 57.1 Å².